The first-order chi connectivity index (χ1) is 10.1. The maximum atomic E-state index is 12.6. The van der Waals surface area contributed by atoms with Gasteiger partial charge in [0, 0.05) is 18.0 Å². The van der Waals surface area contributed by atoms with Crippen molar-refractivity contribution in [1.82, 2.24) is 4.90 Å². The molecule has 0 unspecified atom stereocenters. The summed E-state index contributed by atoms with van der Waals surface area (Å²) in [5.41, 5.74) is 0.278. The Morgan fingerprint density at radius 3 is 2.67 bits per heavy atom. The molecule has 0 heterocycles. The minimum Gasteiger partial charge on any atom is -0.506 e. The van der Waals surface area contributed by atoms with Crippen molar-refractivity contribution in [2.45, 2.75) is 26.3 Å². The van der Waals surface area contributed by atoms with Gasteiger partial charge < -0.3 is 10.0 Å². The van der Waals surface area contributed by atoms with Crippen molar-refractivity contribution in [3.8, 4) is 11.8 Å². The van der Waals surface area contributed by atoms with Crippen molar-refractivity contribution in [1.29, 1.82) is 5.26 Å². The van der Waals surface area contributed by atoms with E-state index >= 15 is 0 Å². The highest BCUT2D eigenvalue weighted by Gasteiger charge is 2.22. The Morgan fingerprint density at radius 2 is 2.00 bits per heavy atom. The zero-order valence-electron chi connectivity index (χ0n) is 12.2. The largest absolute Gasteiger partial charge is 0.506 e. The lowest BCUT2D eigenvalue weighted by atomic mass is 10.0. The lowest BCUT2D eigenvalue weighted by Crippen LogP contribution is -2.37. The molecule has 2 aromatic rings. The van der Waals surface area contributed by atoms with Crippen LogP contribution in [0.25, 0.3) is 10.8 Å². The highest BCUT2D eigenvalue weighted by molar-refractivity contribution is 6.03. The molecule has 0 atom stereocenters. The number of carbonyl (C=O) groups is 1. The molecule has 0 aliphatic carbocycles. The van der Waals surface area contributed by atoms with Gasteiger partial charge in [-0.15, -0.1) is 0 Å². The highest BCUT2D eigenvalue weighted by Crippen LogP contribution is 2.29. The van der Waals surface area contributed by atoms with Crippen LogP contribution in [0.3, 0.4) is 0 Å². The molecule has 21 heavy (non-hydrogen) atoms. The second kappa shape index (κ2) is 6.27. The molecule has 4 heteroatoms. The van der Waals surface area contributed by atoms with Crippen molar-refractivity contribution in [3.63, 3.8) is 0 Å². The van der Waals surface area contributed by atoms with Crippen molar-refractivity contribution in [2.75, 3.05) is 6.54 Å². The van der Waals surface area contributed by atoms with Crippen LogP contribution in [0.5, 0.6) is 5.75 Å². The van der Waals surface area contributed by atoms with Crippen LogP contribution in [0.4, 0.5) is 0 Å². The summed E-state index contributed by atoms with van der Waals surface area (Å²) in [4.78, 5) is 14.2. The molecular formula is C17H18N2O2. The first-order valence-electron chi connectivity index (χ1n) is 6.95. The molecular weight excluding hydrogens is 264 g/mol. The summed E-state index contributed by atoms with van der Waals surface area (Å²) in [5, 5.41) is 20.6. The molecule has 0 aliphatic heterocycles. The van der Waals surface area contributed by atoms with E-state index in [1.807, 2.05) is 44.2 Å². The summed E-state index contributed by atoms with van der Waals surface area (Å²) < 4.78 is 0. The van der Waals surface area contributed by atoms with E-state index in [4.69, 9.17) is 5.26 Å². The van der Waals surface area contributed by atoms with Gasteiger partial charge in [-0.1, -0.05) is 30.3 Å². The number of fused-ring (bicyclic) bond motifs is 1. The molecule has 1 amide bonds. The normalized spacial score (nSPS) is 10.6. The predicted octanol–water partition coefficient (Wildman–Crippen LogP) is 3.31. The summed E-state index contributed by atoms with van der Waals surface area (Å²) >= 11 is 0. The Labute approximate surface area is 124 Å². The van der Waals surface area contributed by atoms with Gasteiger partial charge in [-0.3, -0.25) is 4.79 Å². The Bertz CT molecular complexity index is 701. The second-order valence-electron chi connectivity index (χ2n) is 5.18. The Morgan fingerprint density at radius 1 is 1.29 bits per heavy atom. The standard InChI is InChI=1S/C17H18N2O2/c1-12(2)19(11-5-10-18)17(21)15-9-8-13-6-3-4-7-14(13)16(15)20/h3-4,6-9,12,20H,5,11H2,1-2H3. The molecule has 0 aromatic heterocycles. The van der Waals surface area contributed by atoms with E-state index in [9.17, 15) is 9.90 Å². The lowest BCUT2D eigenvalue weighted by molar-refractivity contribution is 0.0707. The molecule has 4 nitrogen and oxygen atoms in total. The number of rotatable bonds is 4. The van der Waals surface area contributed by atoms with Crippen LogP contribution in [-0.4, -0.2) is 28.5 Å². The van der Waals surface area contributed by atoms with Gasteiger partial charge in [0.2, 0.25) is 0 Å². The molecule has 0 saturated carbocycles. The van der Waals surface area contributed by atoms with E-state index in [1.165, 1.54) is 0 Å². The molecule has 0 saturated heterocycles. The summed E-state index contributed by atoms with van der Waals surface area (Å²) in [6.07, 6.45) is 0.276. The maximum Gasteiger partial charge on any atom is 0.257 e. The minimum absolute atomic E-state index is 0.000655. The van der Waals surface area contributed by atoms with E-state index in [0.717, 1.165) is 5.39 Å². The second-order valence-corrected chi connectivity index (χ2v) is 5.18. The molecule has 0 spiro atoms. The van der Waals surface area contributed by atoms with Crippen molar-refractivity contribution in [2.24, 2.45) is 0 Å². The number of nitriles is 1. The fourth-order valence-electron chi connectivity index (χ4n) is 2.35. The number of aromatic hydroxyl groups is 1. The van der Waals surface area contributed by atoms with Gasteiger partial charge in [-0.2, -0.15) is 5.26 Å². The van der Waals surface area contributed by atoms with Gasteiger partial charge in [0.05, 0.1) is 18.1 Å². The van der Waals surface area contributed by atoms with Gasteiger partial charge in [0.25, 0.3) is 5.91 Å². The van der Waals surface area contributed by atoms with E-state index in [2.05, 4.69) is 0 Å². The van der Waals surface area contributed by atoms with E-state index in [-0.39, 0.29) is 29.7 Å². The molecule has 0 bridgehead atoms. The molecule has 2 aromatic carbocycles. The van der Waals surface area contributed by atoms with Crippen molar-refractivity contribution >= 4 is 16.7 Å². The SMILES string of the molecule is CC(C)N(CCC#N)C(=O)c1ccc2ccccc2c1O. The summed E-state index contributed by atoms with van der Waals surface area (Å²) in [6, 6.07) is 12.9. The zero-order chi connectivity index (χ0) is 15.4. The van der Waals surface area contributed by atoms with Crippen LogP contribution in [-0.2, 0) is 0 Å². The molecule has 108 valence electrons. The number of nitrogens with zero attached hydrogens (tertiary/aromatic N) is 2. The Kier molecular flexibility index (Phi) is 4.44. The summed E-state index contributed by atoms with van der Waals surface area (Å²) in [7, 11) is 0. The number of hydrogen-bond donors (Lipinski definition) is 1. The molecule has 2 rings (SSSR count). The Balaban J connectivity index is 2.42. The third kappa shape index (κ3) is 2.97. The third-order valence-corrected chi connectivity index (χ3v) is 3.48. The summed E-state index contributed by atoms with van der Waals surface area (Å²) in [6.45, 7) is 4.15. The van der Waals surface area contributed by atoms with Crippen molar-refractivity contribution < 1.29 is 9.90 Å². The molecule has 1 N–H and O–H groups in total. The van der Waals surface area contributed by atoms with Crippen molar-refractivity contribution in [3.05, 3.63) is 42.0 Å². The minimum atomic E-state index is -0.247. The topological polar surface area (TPSA) is 64.3 Å². The van der Waals surface area contributed by atoms with E-state index in [1.54, 1.807) is 17.0 Å². The van der Waals surface area contributed by atoms with E-state index in [0.29, 0.717) is 11.9 Å². The van der Waals surface area contributed by atoms with Crippen LogP contribution in [0.15, 0.2) is 36.4 Å². The average Bonchev–Trinajstić information content (AvgIpc) is 2.47. The van der Waals surface area contributed by atoms with Crippen LogP contribution in [0.1, 0.15) is 30.6 Å². The fourth-order valence-corrected chi connectivity index (χ4v) is 2.35. The van der Waals surface area contributed by atoms with E-state index < -0.39 is 0 Å². The molecule has 0 fully saturated rings. The third-order valence-electron chi connectivity index (χ3n) is 3.48. The van der Waals surface area contributed by atoms with Gasteiger partial charge in [-0.25, -0.2) is 0 Å². The average molecular weight is 282 g/mol. The summed E-state index contributed by atoms with van der Waals surface area (Å²) in [5.74, 6) is -0.246. The lowest BCUT2D eigenvalue weighted by Gasteiger charge is -2.26. The first kappa shape index (κ1) is 14.9. The van der Waals surface area contributed by atoms with Crippen LogP contribution < -0.4 is 0 Å². The van der Waals surface area contributed by atoms with Gasteiger partial charge in [-0.05, 0) is 25.3 Å². The number of phenolic OH excluding ortho intramolecular Hbond substituents is 1. The molecule has 0 radical (unpaired) electrons. The number of amides is 1. The number of benzene rings is 2. The first-order valence-corrected chi connectivity index (χ1v) is 6.95. The fraction of sp³-hybridized carbons (Fsp3) is 0.294. The molecule has 0 aliphatic rings. The zero-order valence-corrected chi connectivity index (χ0v) is 12.2. The predicted molar refractivity (Wildman–Crippen MR) is 82.0 cm³/mol. The quantitative estimate of drug-likeness (QED) is 0.935. The monoisotopic (exact) mass is 282 g/mol. The van der Waals surface area contributed by atoms with Gasteiger partial charge in [0.1, 0.15) is 5.75 Å². The number of phenols is 1. The van der Waals surface area contributed by atoms with Gasteiger partial charge >= 0.3 is 0 Å². The highest BCUT2D eigenvalue weighted by atomic mass is 16.3. The number of carbonyl (C=O) groups excluding carboxylic acids is 1. The van der Waals surface area contributed by atoms with Crippen LogP contribution in [0, 0.1) is 11.3 Å². The maximum absolute atomic E-state index is 12.6. The van der Waals surface area contributed by atoms with Crippen LogP contribution >= 0.6 is 0 Å². The number of hydrogen-bond acceptors (Lipinski definition) is 3. The Hall–Kier alpha value is -2.54. The smallest absolute Gasteiger partial charge is 0.257 e. The van der Waals surface area contributed by atoms with Crippen LogP contribution in [0.2, 0.25) is 0 Å². The van der Waals surface area contributed by atoms with Gasteiger partial charge in [0.15, 0.2) is 0 Å².